The van der Waals surface area contributed by atoms with Gasteiger partial charge in [-0.05, 0) is 12.0 Å². The molecule has 1 aromatic rings. The SMILES string of the molecule is CCCC(NC(=O)[C@H]1COCC(=O)N1Cc1ccccc1)C(=O)O. The van der Waals surface area contributed by atoms with Crippen LogP contribution in [0.3, 0.4) is 0 Å². The molecule has 0 radical (unpaired) electrons. The molecule has 0 bridgehead atoms. The number of rotatable bonds is 7. The molecule has 0 aliphatic carbocycles. The van der Waals surface area contributed by atoms with Gasteiger partial charge >= 0.3 is 5.97 Å². The quantitative estimate of drug-likeness (QED) is 0.768. The summed E-state index contributed by atoms with van der Waals surface area (Å²) in [5.41, 5.74) is 0.897. The van der Waals surface area contributed by atoms with Crippen molar-refractivity contribution in [2.45, 2.75) is 38.4 Å². The Hall–Kier alpha value is -2.41. The number of nitrogens with zero attached hydrogens (tertiary/aromatic N) is 1. The molecule has 1 unspecified atom stereocenters. The molecule has 7 nitrogen and oxygen atoms in total. The molecular weight excluding hydrogens is 312 g/mol. The lowest BCUT2D eigenvalue weighted by atomic mass is 10.1. The minimum Gasteiger partial charge on any atom is -0.480 e. The highest BCUT2D eigenvalue weighted by molar-refractivity contribution is 5.91. The Morgan fingerprint density at radius 1 is 1.38 bits per heavy atom. The predicted octanol–water partition coefficient (Wildman–Crippen LogP) is 0.783. The normalized spacial score (nSPS) is 19.0. The lowest BCUT2D eigenvalue weighted by Gasteiger charge is -2.35. The topological polar surface area (TPSA) is 95.9 Å². The van der Waals surface area contributed by atoms with E-state index in [1.807, 2.05) is 37.3 Å². The van der Waals surface area contributed by atoms with Crippen LogP contribution < -0.4 is 5.32 Å². The molecule has 1 heterocycles. The third kappa shape index (κ3) is 4.55. The molecule has 2 atom stereocenters. The van der Waals surface area contributed by atoms with Crippen LogP contribution in [0.2, 0.25) is 0 Å². The van der Waals surface area contributed by atoms with E-state index in [0.29, 0.717) is 12.8 Å². The zero-order valence-electron chi connectivity index (χ0n) is 13.6. The molecule has 1 saturated heterocycles. The van der Waals surface area contributed by atoms with Crippen LogP contribution in [0.5, 0.6) is 0 Å². The highest BCUT2D eigenvalue weighted by atomic mass is 16.5. The van der Waals surface area contributed by atoms with Gasteiger partial charge in [0.05, 0.1) is 6.61 Å². The van der Waals surface area contributed by atoms with E-state index in [1.165, 1.54) is 4.90 Å². The second-order valence-electron chi connectivity index (χ2n) is 5.73. The summed E-state index contributed by atoms with van der Waals surface area (Å²) in [4.78, 5) is 37.3. The predicted molar refractivity (Wildman–Crippen MR) is 86.1 cm³/mol. The van der Waals surface area contributed by atoms with E-state index in [0.717, 1.165) is 5.56 Å². The van der Waals surface area contributed by atoms with Gasteiger partial charge in [0.25, 0.3) is 0 Å². The molecule has 130 valence electrons. The maximum absolute atomic E-state index is 12.5. The molecule has 0 aromatic heterocycles. The fourth-order valence-electron chi connectivity index (χ4n) is 2.61. The second-order valence-corrected chi connectivity index (χ2v) is 5.73. The van der Waals surface area contributed by atoms with Crippen LogP contribution >= 0.6 is 0 Å². The van der Waals surface area contributed by atoms with Crippen molar-refractivity contribution in [2.24, 2.45) is 0 Å². The number of carbonyl (C=O) groups excluding carboxylic acids is 2. The van der Waals surface area contributed by atoms with E-state index >= 15 is 0 Å². The maximum Gasteiger partial charge on any atom is 0.326 e. The third-order valence-corrected chi connectivity index (χ3v) is 3.89. The summed E-state index contributed by atoms with van der Waals surface area (Å²) in [7, 11) is 0. The number of aliphatic carboxylic acids is 1. The zero-order valence-corrected chi connectivity index (χ0v) is 13.6. The molecule has 24 heavy (non-hydrogen) atoms. The molecule has 1 aliphatic rings. The number of nitrogens with one attached hydrogen (secondary N) is 1. The first-order chi connectivity index (χ1) is 11.5. The number of amides is 2. The Bertz CT molecular complexity index is 590. The molecule has 1 fully saturated rings. The Morgan fingerprint density at radius 3 is 2.71 bits per heavy atom. The lowest BCUT2D eigenvalue weighted by Crippen LogP contribution is -2.58. The Morgan fingerprint density at radius 2 is 2.08 bits per heavy atom. The maximum atomic E-state index is 12.5. The highest BCUT2D eigenvalue weighted by Gasteiger charge is 2.35. The Labute approximate surface area is 140 Å². The van der Waals surface area contributed by atoms with Crippen LogP contribution in [-0.4, -0.2) is 53.1 Å². The van der Waals surface area contributed by atoms with E-state index in [-0.39, 0.29) is 25.7 Å². The van der Waals surface area contributed by atoms with Gasteiger partial charge in [-0.3, -0.25) is 9.59 Å². The number of benzene rings is 1. The van der Waals surface area contributed by atoms with Gasteiger partial charge in [-0.15, -0.1) is 0 Å². The van der Waals surface area contributed by atoms with Gasteiger partial charge in [0.2, 0.25) is 11.8 Å². The van der Waals surface area contributed by atoms with Gasteiger partial charge in [0, 0.05) is 6.54 Å². The number of ether oxygens (including phenoxy) is 1. The molecule has 2 N–H and O–H groups in total. The molecule has 1 aliphatic heterocycles. The first kappa shape index (κ1) is 17.9. The molecule has 0 saturated carbocycles. The van der Waals surface area contributed by atoms with E-state index in [4.69, 9.17) is 4.74 Å². The zero-order chi connectivity index (χ0) is 17.5. The minimum atomic E-state index is -1.08. The molecular formula is C17H22N2O5. The monoisotopic (exact) mass is 334 g/mol. The van der Waals surface area contributed by atoms with Crippen molar-refractivity contribution in [3.63, 3.8) is 0 Å². The van der Waals surface area contributed by atoms with Crippen molar-refractivity contribution in [3.05, 3.63) is 35.9 Å². The number of morpholine rings is 1. The van der Waals surface area contributed by atoms with Crippen LogP contribution in [0.1, 0.15) is 25.3 Å². The highest BCUT2D eigenvalue weighted by Crippen LogP contribution is 2.14. The summed E-state index contributed by atoms with van der Waals surface area (Å²) < 4.78 is 5.19. The van der Waals surface area contributed by atoms with Gasteiger partial charge in [-0.1, -0.05) is 43.7 Å². The summed E-state index contributed by atoms with van der Waals surface area (Å²) in [6.07, 6.45) is 0.965. The second kappa shape index (κ2) is 8.44. The smallest absolute Gasteiger partial charge is 0.326 e. The first-order valence-electron chi connectivity index (χ1n) is 7.97. The van der Waals surface area contributed by atoms with Crippen LogP contribution in [0.25, 0.3) is 0 Å². The fraction of sp³-hybridized carbons (Fsp3) is 0.471. The molecule has 2 rings (SSSR count). The lowest BCUT2D eigenvalue weighted by molar-refractivity contribution is -0.156. The van der Waals surface area contributed by atoms with Gasteiger partial charge in [-0.25, -0.2) is 4.79 Å². The fourth-order valence-corrected chi connectivity index (χ4v) is 2.61. The number of carboxylic acids is 1. The summed E-state index contributed by atoms with van der Waals surface area (Å²) in [5, 5.41) is 11.7. The number of carbonyl (C=O) groups is 3. The number of hydrogen-bond acceptors (Lipinski definition) is 4. The third-order valence-electron chi connectivity index (χ3n) is 3.89. The van der Waals surface area contributed by atoms with Crippen LogP contribution in [0, 0.1) is 0 Å². The average molecular weight is 334 g/mol. The van der Waals surface area contributed by atoms with Gasteiger partial charge in [0.1, 0.15) is 18.7 Å². The summed E-state index contributed by atoms with van der Waals surface area (Å²) in [5.74, 6) is -1.87. The number of hydrogen-bond donors (Lipinski definition) is 2. The van der Waals surface area contributed by atoms with Crippen molar-refractivity contribution in [2.75, 3.05) is 13.2 Å². The van der Waals surface area contributed by atoms with Crippen molar-refractivity contribution >= 4 is 17.8 Å². The Kier molecular flexibility index (Phi) is 6.31. The number of carboxylic acid groups (broad SMARTS) is 1. The van der Waals surface area contributed by atoms with E-state index in [9.17, 15) is 19.5 Å². The molecule has 0 spiro atoms. The summed E-state index contributed by atoms with van der Waals surface area (Å²) >= 11 is 0. The van der Waals surface area contributed by atoms with E-state index in [2.05, 4.69) is 5.32 Å². The van der Waals surface area contributed by atoms with Crippen molar-refractivity contribution in [1.29, 1.82) is 0 Å². The van der Waals surface area contributed by atoms with E-state index < -0.39 is 24.0 Å². The van der Waals surface area contributed by atoms with Crippen molar-refractivity contribution < 1.29 is 24.2 Å². The van der Waals surface area contributed by atoms with Crippen molar-refractivity contribution in [1.82, 2.24) is 10.2 Å². The average Bonchev–Trinajstić information content (AvgIpc) is 2.57. The van der Waals surface area contributed by atoms with Crippen LogP contribution in [0.4, 0.5) is 0 Å². The summed E-state index contributed by atoms with van der Waals surface area (Å²) in [6.45, 7) is 2.11. The van der Waals surface area contributed by atoms with Gasteiger partial charge in [-0.2, -0.15) is 0 Å². The van der Waals surface area contributed by atoms with Gasteiger partial charge < -0.3 is 20.1 Å². The standard InChI is InChI=1S/C17H22N2O5/c1-2-6-13(17(22)23)18-16(21)14-10-24-11-15(20)19(14)9-12-7-4-3-5-8-12/h3-5,7-8,13-14H,2,6,9-11H2,1H3,(H,18,21)(H,22,23)/t13?,14-/m1/s1. The Balaban J connectivity index is 2.10. The first-order valence-corrected chi connectivity index (χ1v) is 7.97. The van der Waals surface area contributed by atoms with Crippen molar-refractivity contribution in [3.8, 4) is 0 Å². The van der Waals surface area contributed by atoms with E-state index in [1.54, 1.807) is 0 Å². The molecule has 2 amide bonds. The largest absolute Gasteiger partial charge is 0.480 e. The molecule has 1 aromatic carbocycles. The van der Waals surface area contributed by atoms with Crippen LogP contribution in [-0.2, 0) is 25.7 Å². The summed E-state index contributed by atoms with van der Waals surface area (Å²) in [6, 6.07) is 7.54. The minimum absolute atomic E-state index is 0.0584. The van der Waals surface area contributed by atoms with Gasteiger partial charge in [0.15, 0.2) is 0 Å². The molecule has 7 heteroatoms. The van der Waals surface area contributed by atoms with Crippen LogP contribution in [0.15, 0.2) is 30.3 Å².